The van der Waals surface area contributed by atoms with E-state index in [1.54, 1.807) is 24.3 Å². The molecule has 0 unspecified atom stereocenters. The van der Waals surface area contributed by atoms with Crippen LogP contribution in [0.3, 0.4) is 0 Å². The number of aliphatic hydroxyl groups is 1. The minimum atomic E-state index is -0.692. The molecule has 1 N–H and O–H groups in total. The molecule has 0 aliphatic carbocycles. The van der Waals surface area contributed by atoms with Gasteiger partial charge in [0.1, 0.15) is 5.75 Å². The van der Waals surface area contributed by atoms with Gasteiger partial charge in [-0.1, -0.05) is 26.0 Å². The van der Waals surface area contributed by atoms with E-state index < -0.39 is 6.16 Å². The number of aliphatic hydroxyl groups excluding tert-OH is 1. The average molecular weight is 238 g/mol. The molecule has 0 amide bonds. The highest BCUT2D eigenvalue weighted by atomic mass is 16.7. The SMILES string of the molecule is CC(C)CCOC(=O)Oc1ccc(CO)cc1. The summed E-state index contributed by atoms with van der Waals surface area (Å²) < 4.78 is 9.86. The van der Waals surface area contributed by atoms with E-state index in [9.17, 15) is 4.79 Å². The van der Waals surface area contributed by atoms with Crippen molar-refractivity contribution in [3.05, 3.63) is 29.8 Å². The van der Waals surface area contributed by atoms with Crippen molar-refractivity contribution >= 4 is 6.16 Å². The Morgan fingerprint density at radius 3 is 2.47 bits per heavy atom. The molecule has 0 bridgehead atoms. The van der Waals surface area contributed by atoms with Crippen molar-refractivity contribution in [2.24, 2.45) is 5.92 Å². The van der Waals surface area contributed by atoms with Crippen LogP contribution in [0.4, 0.5) is 4.79 Å². The summed E-state index contributed by atoms with van der Waals surface area (Å²) in [5.41, 5.74) is 0.769. The van der Waals surface area contributed by atoms with Crippen LogP contribution in [0.15, 0.2) is 24.3 Å². The number of benzene rings is 1. The molecule has 0 saturated carbocycles. The van der Waals surface area contributed by atoms with Crippen LogP contribution in [0.25, 0.3) is 0 Å². The fraction of sp³-hybridized carbons (Fsp3) is 0.462. The molecule has 17 heavy (non-hydrogen) atoms. The standard InChI is InChI=1S/C13H18O4/c1-10(2)7-8-16-13(15)17-12-5-3-11(9-14)4-6-12/h3-6,10,14H,7-9H2,1-2H3. The Hall–Kier alpha value is -1.55. The first-order chi connectivity index (χ1) is 8.11. The first kappa shape index (κ1) is 13.5. The van der Waals surface area contributed by atoms with E-state index in [1.807, 2.05) is 0 Å². The first-order valence-electron chi connectivity index (χ1n) is 5.66. The lowest BCUT2D eigenvalue weighted by Gasteiger charge is -2.07. The van der Waals surface area contributed by atoms with Gasteiger partial charge in [0.2, 0.25) is 0 Å². The minimum Gasteiger partial charge on any atom is -0.434 e. The van der Waals surface area contributed by atoms with E-state index in [4.69, 9.17) is 14.6 Å². The van der Waals surface area contributed by atoms with E-state index in [2.05, 4.69) is 13.8 Å². The smallest absolute Gasteiger partial charge is 0.434 e. The van der Waals surface area contributed by atoms with Crippen LogP contribution < -0.4 is 4.74 Å². The van der Waals surface area contributed by atoms with Crippen molar-refractivity contribution in [1.29, 1.82) is 0 Å². The third-order valence-corrected chi connectivity index (χ3v) is 2.22. The van der Waals surface area contributed by atoms with Crippen molar-refractivity contribution < 1.29 is 19.4 Å². The fourth-order valence-corrected chi connectivity index (χ4v) is 1.17. The van der Waals surface area contributed by atoms with Gasteiger partial charge in [0, 0.05) is 0 Å². The average Bonchev–Trinajstić information content (AvgIpc) is 2.29. The molecular weight excluding hydrogens is 220 g/mol. The number of hydrogen-bond acceptors (Lipinski definition) is 4. The van der Waals surface area contributed by atoms with Crippen LogP contribution in [-0.2, 0) is 11.3 Å². The summed E-state index contributed by atoms with van der Waals surface area (Å²) in [6.07, 6.45) is 0.126. The third kappa shape index (κ3) is 5.36. The summed E-state index contributed by atoms with van der Waals surface area (Å²) in [5, 5.41) is 8.85. The summed E-state index contributed by atoms with van der Waals surface area (Å²) in [5.74, 6) is 0.906. The van der Waals surface area contributed by atoms with Crippen molar-refractivity contribution in [2.45, 2.75) is 26.9 Å². The second-order valence-corrected chi connectivity index (χ2v) is 4.19. The molecule has 0 aliphatic heterocycles. The molecule has 0 aromatic heterocycles. The van der Waals surface area contributed by atoms with E-state index in [0.29, 0.717) is 18.3 Å². The van der Waals surface area contributed by atoms with Gasteiger partial charge >= 0.3 is 6.16 Å². The molecule has 0 radical (unpaired) electrons. The lowest BCUT2D eigenvalue weighted by Crippen LogP contribution is -2.12. The fourth-order valence-electron chi connectivity index (χ4n) is 1.17. The van der Waals surface area contributed by atoms with Gasteiger partial charge in [-0.2, -0.15) is 0 Å². The summed E-state index contributed by atoms with van der Waals surface area (Å²) >= 11 is 0. The minimum absolute atomic E-state index is 0.0287. The van der Waals surface area contributed by atoms with Gasteiger partial charge in [-0.15, -0.1) is 0 Å². The van der Waals surface area contributed by atoms with Crippen LogP contribution in [0.1, 0.15) is 25.8 Å². The largest absolute Gasteiger partial charge is 0.513 e. The van der Waals surface area contributed by atoms with E-state index >= 15 is 0 Å². The maximum absolute atomic E-state index is 11.3. The lowest BCUT2D eigenvalue weighted by atomic mass is 10.1. The molecular formula is C13H18O4. The Kier molecular flexibility index (Phi) is 5.49. The molecule has 0 aliphatic rings. The van der Waals surface area contributed by atoms with Gasteiger partial charge in [-0.05, 0) is 30.0 Å². The number of hydrogen-bond donors (Lipinski definition) is 1. The second-order valence-electron chi connectivity index (χ2n) is 4.19. The molecule has 1 rings (SSSR count). The van der Waals surface area contributed by atoms with Crippen molar-refractivity contribution in [3.8, 4) is 5.75 Å². The topological polar surface area (TPSA) is 55.8 Å². The normalized spacial score (nSPS) is 10.4. The Morgan fingerprint density at radius 2 is 1.94 bits per heavy atom. The molecule has 0 spiro atoms. The Morgan fingerprint density at radius 1 is 1.29 bits per heavy atom. The maximum Gasteiger partial charge on any atom is 0.513 e. The summed E-state index contributed by atoms with van der Waals surface area (Å²) in [6.45, 7) is 4.45. The molecule has 94 valence electrons. The zero-order valence-corrected chi connectivity index (χ0v) is 10.2. The Balaban J connectivity index is 2.34. The quantitative estimate of drug-likeness (QED) is 0.633. The van der Waals surface area contributed by atoms with Crippen molar-refractivity contribution in [1.82, 2.24) is 0 Å². The molecule has 0 atom stereocenters. The third-order valence-electron chi connectivity index (χ3n) is 2.22. The number of carbonyl (C=O) groups excluding carboxylic acids is 1. The van der Waals surface area contributed by atoms with Crippen molar-refractivity contribution in [3.63, 3.8) is 0 Å². The van der Waals surface area contributed by atoms with Crippen LogP contribution in [0.2, 0.25) is 0 Å². The Labute approximate surface area is 101 Å². The molecule has 0 fully saturated rings. The number of carbonyl (C=O) groups is 1. The first-order valence-corrected chi connectivity index (χ1v) is 5.66. The summed E-state index contributed by atoms with van der Waals surface area (Å²) in [7, 11) is 0. The van der Waals surface area contributed by atoms with Gasteiger partial charge in [-0.3, -0.25) is 0 Å². The molecule has 4 heteroatoms. The van der Waals surface area contributed by atoms with Gasteiger partial charge in [-0.25, -0.2) is 4.79 Å². The lowest BCUT2D eigenvalue weighted by molar-refractivity contribution is 0.0949. The molecule has 1 aromatic carbocycles. The highest BCUT2D eigenvalue weighted by Crippen LogP contribution is 2.13. The highest BCUT2D eigenvalue weighted by molar-refractivity contribution is 5.63. The second kappa shape index (κ2) is 6.91. The van der Waals surface area contributed by atoms with Crippen LogP contribution in [0.5, 0.6) is 5.75 Å². The zero-order valence-electron chi connectivity index (χ0n) is 10.2. The summed E-state index contributed by atoms with van der Waals surface area (Å²) in [4.78, 5) is 11.3. The van der Waals surface area contributed by atoms with Crippen molar-refractivity contribution in [2.75, 3.05) is 6.61 Å². The predicted molar refractivity (Wildman–Crippen MR) is 63.8 cm³/mol. The van der Waals surface area contributed by atoms with E-state index in [-0.39, 0.29) is 6.61 Å². The Bertz CT molecular complexity index is 343. The van der Waals surface area contributed by atoms with E-state index in [0.717, 1.165) is 12.0 Å². The molecule has 0 saturated heterocycles. The van der Waals surface area contributed by atoms with Gasteiger partial charge < -0.3 is 14.6 Å². The molecule has 4 nitrogen and oxygen atoms in total. The van der Waals surface area contributed by atoms with Gasteiger partial charge in [0.05, 0.1) is 13.2 Å². The number of ether oxygens (including phenoxy) is 2. The van der Waals surface area contributed by atoms with Crippen LogP contribution in [-0.4, -0.2) is 17.9 Å². The van der Waals surface area contributed by atoms with Crippen LogP contribution in [0, 0.1) is 5.92 Å². The zero-order chi connectivity index (χ0) is 12.7. The molecule has 1 aromatic rings. The van der Waals surface area contributed by atoms with Gasteiger partial charge in [0.25, 0.3) is 0 Å². The predicted octanol–water partition coefficient (Wildman–Crippen LogP) is 2.74. The molecule has 0 heterocycles. The highest BCUT2D eigenvalue weighted by Gasteiger charge is 2.06. The summed E-state index contributed by atoms with van der Waals surface area (Å²) in [6, 6.07) is 6.62. The van der Waals surface area contributed by atoms with Gasteiger partial charge in [0.15, 0.2) is 0 Å². The monoisotopic (exact) mass is 238 g/mol. The number of rotatable bonds is 5. The maximum atomic E-state index is 11.3. The van der Waals surface area contributed by atoms with E-state index in [1.165, 1.54) is 0 Å². The van der Waals surface area contributed by atoms with Crippen LogP contribution >= 0.6 is 0 Å².